The van der Waals surface area contributed by atoms with Gasteiger partial charge in [-0.1, -0.05) is 11.6 Å². The van der Waals surface area contributed by atoms with Gasteiger partial charge in [0.05, 0.1) is 28.2 Å². The minimum absolute atomic E-state index is 0.0244. The Balaban J connectivity index is 1.74. The lowest BCUT2D eigenvalue weighted by atomic mass is 10.1. The minimum atomic E-state index is -4.66. The molecule has 0 bridgehead atoms. The molecule has 2 N–H and O–H groups in total. The highest BCUT2D eigenvalue weighted by atomic mass is 127. The molecule has 1 aromatic carbocycles. The molecular formula is C23H19ClF3IN8O2. The second-order valence-electron chi connectivity index (χ2n) is 7.96. The van der Waals surface area contributed by atoms with E-state index in [1.54, 1.807) is 38.1 Å². The second kappa shape index (κ2) is 11.1. The predicted octanol–water partition coefficient (Wildman–Crippen LogP) is 4.49. The summed E-state index contributed by atoms with van der Waals surface area (Å²) in [7, 11) is 0. The van der Waals surface area contributed by atoms with E-state index in [-0.39, 0.29) is 40.2 Å². The summed E-state index contributed by atoms with van der Waals surface area (Å²) in [6.45, 7) is 3.66. The maximum absolute atomic E-state index is 13.5. The highest BCUT2D eigenvalue weighted by molar-refractivity contribution is 14.1. The number of nitrogens with zero attached hydrogens (tertiary/aromatic N) is 6. The van der Waals surface area contributed by atoms with Crippen LogP contribution in [-0.4, -0.2) is 48.1 Å². The molecular weight excluding hydrogens is 640 g/mol. The molecule has 0 saturated carbocycles. The SMILES string of the molecule is CCNC(=O)c1cc(I)cc(C)c1NC(=O)c1cc(Cn2ncc(C(F)(F)F)n2)nn1-c1ncccc1Cl. The van der Waals surface area contributed by atoms with Crippen molar-refractivity contribution in [1.82, 2.24) is 35.1 Å². The van der Waals surface area contributed by atoms with Crippen LogP contribution in [0.4, 0.5) is 18.9 Å². The summed E-state index contributed by atoms with van der Waals surface area (Å²) in [4.78, 5) is 31.2. The lowest BCUT2D eigenvalue weighted by molar-refractivity contribution is -0.141. The highest BCUT2D eigenvalue weighted by Crippen LogP contribution is 2.28. The van der Waals surface area contributed by atoms with E-state index in [4.69, 9.17) is 11.6 Å². The number of hydrogen-bond donors (Lipinski definition) is 2. The molecule has 0 radical (unpaired) electrons. The molecule has 0 aliphatic rings. The van der Waals surface area contributed by atoms with Crippen LogP contribution in [-0.2, 0) is 12.7 Å². The van der Waals surface area contributed by atoms with Crippen molar-refractivity contribution < 1.29 is 22.8 Å². The third-order valence-electron chi connectivity index (χ3n) is 5.18. The highest BCUT2D eigenvalue weighted by Gasteiger charge is 2.34. The van der Waals surface area contributed by atoms with Crippen LogP contribution in [0.15, 0.2) is 42.7 Å². The van der Waals surface area contributed by atoms with Gasteiger partial charge in [-0.25, -0.2) is 9.67 Å². The molecule has 0 fully saturated rings. The Hall–Kier alpha value is -3.53. The van der Waals surface area contributed by atoms with Crippen molar-refractivity contribution in [2.24, 2.45) is 0 Å². The van der Waals surface area contributed by atoms with E-state index in [9.17, 15) is 22.8 Å². The number of hydrogen-bond acceptors (Lipinski definition) is 6. The first-order chi connectivity index (χ1) is 18.0. The van der Waals surface area contributed by atoms with Crippen LogP contribution in [0, 0.1) is 10.5 Å². The summed E-state index contributed by atoms with van der Waals surface area (Å²) >= 11 is 8.38. The molecule has 0 aliphatic carbocycles. The Morgan fingerprint density at radius 3 is 2.58 bits per heavy atom. The molecule has 2 amide bonds. The maximum Gasteiger partial charge on any atom is 0.436 e. The monoisotopic (exact) mass is 658 g/mol. The van der Waals surface area contributed by atoms with Crippen LogP contribution < -0.4 is 10.6 Å². The molecule has 0 atom stereocenters. The van der Waals surface area contributed by atoms with Crippen molar-refractivity contribution in [2.75, 3.05) is 11.9 Å². The normalized spacial score (nSPS) is 11.4. The number of benzene rings is 1. The summed E-state index contributed by atoms with van der Waals surface area (Å²) in [5, 5.41) is 17.1. The first-order valence-electron chi connectivity index (χ1n) is 11.0. The number of carbonyl (C=O) groups is 2. The van der Waals surface area contributed by atoms with Gasteiger partial charge in [0, 0.05) is 16.3 Å². The van der Waals surface area contributed by atoms with E-state index < -0.39 is 17.8 Å². The smallest absolute Gasteiger partial charge is 0.352 e. The number of nitrogens with one attached hydrogen (secondary N) is 2. The summed E-state index contributed by atoms with van der Waals surface area (Å²) < 4.78 is 40.8. The number of anilines is 1. The number of rotatable bonds is 7. The molecule has 38 heavy (non-hydrogen) atoms. The van der Waals surface area contributed by atoms with E-state index in [2.05, 4.69) is 53.5 Å². The van der Waals surface area contributed by atoms with E-state index in [1.165, 1.54) is 16.9 Å². The first-order valence-corrected chi connectivity index (χ1v) is 12.5. The number of carbonyl (C=O) groups excluding carboxylic acids is 2. The molecule has 0 spiro atoms. The summed E-state index contributed by atoms with van der Waals surface area (Å²) in [6, 6.07) is 7.96. The standard InChI is InChI=1S/C23H19ClF3IN8O2/c1-3-29-21(37)15-8-13(28)7-12(2)19(15)32-22(38)17-9-14(11-35-31-10-18(34-35)23(25,26)27)33-36(17)20-16(24)5-4-6-30-20/h4-10H,3,11H2,1-2H3,(H,29,37)(H,32,38). The molecule has 10 nitrogen and oxygen atoms in total. The van der Waals surface area contributed by atoms with Gasteiger partial charge in [0.25, 0.3) is 11.8 Å². The average molecular weight is 659 g/mol. The van der Waals surface area contributed by atoms with Crippen molar-refractivity contribution in [1.29, 1.82) is 0 Å². The van der Waals surface area contributed by atoms with Gasteiger partial charge in [0.15, 0.2) is 11.5 Å². The van der Waals surface area contributed by atoms with Gasteiger partial charge in [0.2, 0.25) is 0 Å². The molecule has 3 aromatic heterocycles. The van der Waals surface area contributed by atoms with Crippen LogP contribution in [0.25, 0.3) is 5.82 Å². The van der Waals surface area contributed by atoms with Gasteiger partial charge in [-0.3, -0.25) is 9.59 Å². The Kier molecular flexibility index (Phi) is 8.01. The number of alkyl halides is 3. The van der Waals surface area contributed by atoms with Crippen LogP contribution in [0.3, 0.4) is 0 Å². The molecule has 4 rings (SSSR count). The summed E-state index contributed by atoms with van der Waals surface area (Å²) in [5.74, 6) is -0.889. The van der Waals surface area contributed by atoms with Crippen molar-refractivity contribution in [2.45, 2.75) is 26.6 Å². The Morgan fingerprint density at radius 1 is 1.16 bits per heavy atom. The minimum Gasteiger partial charge on any atom is -0.352 e. The van der Waals surface area contributed by atoms with Crippen LogP contribution in [0.5, 0.6) is 0 Å². The fourth-order valence-corrected chi connectivity index (χ4v) is 4.51. The third kappa shape index (κ3) is 5.96. The molecule has 4 aromatic rings. The summed E-state index contributed by atoms with van der Waals surface area (Å²) in [5.41, 5.74) is 0.204. The van der Waals surface area contributed by atoms with E-state index in [1.807, 2.05) is 0 Å². The zero-order valence-corrected chi connectivity index (χ0v) is 22.8. The Bertz CT molecular complexity index is 1520. The van der Waals surface area contributed by atoms with Gasteiger partial charge in [-0.15, -0.1) is 5.10 Å². The number of pyridine rings is 1. The first kappa shape index (κ1) is 27.5. The molecule has 15 heteroatoms. The fraction of sp³-hybridized carbons (Fsp3) is 0.217. The topological polar surface area (TPSA) is 120 Å². The lowest BCUT2D eigenvalue weighted by Gasteiger charge is -2.15. The van der Waals surface area contributed by atoms with Crippen LogP contribution >= 0.6 is 34.2 Å². The van der Waals surface area contributed by atoms with Crippen molar-refractivity contribution in [3.05, 3.63) is 79.5 Å². The Labute approximate surface area is 232 Å². The van der Waals surface area contributed by atoms with Gasteiger partial charge >= 0.3 is 6.18 Å². The number of halogens is 5. The van der Waals surface area contributed by atoms with E-state index >= 15 is 0 Å². The maximum atomic E-state index is 13.5. The molecule has 3 heterocycles. The zero-order chi connectivity index (χ0) is 27.6. The van der Waals surface area contributed by atoms with Crippen LogP contribution in [0.2, 0.25) is 5.02 Å². The predicted molar refractivity (Wildman–Crippen MR) is 140 cm³/mol. The quantitative estimate of drug-likeness (QED) is 0.283. The average Bonchev–Trinajstić information content (AvgIpc) is 3.49. The zero-order valence-electron chi connectivity index (χ0n) is 19.8. The van der Waals surface area contributed by atoms with Crippen molar-refractivity contribution >= 4 is 51.7 Å². The van der Waals surface area contributed by atoms with Crippen molar-refractivity contribution in [3.8, 4) is 5.82 Å². The molecule has 0 aliphatic heterocycles. The van der Waals surface area contributed by atoms with Gasteiger partial charge < -0.3 is 10.6 Å². The number of aromatic nitrogens is 6. The summed E-state index contributed by atoms with van der Waals surface area (Å²) in [6.07, 6.45) is -2.61. The van der Waals surface area contributed by atoms with E-state index in [0.717, 1.165) is 8.37 Å². The molecule has 0 saturated heterocycles. The molecule has 198 valence electrons. The number of aryl methyl sites for hydroxylation is 1. The fourth-order valence-electron chi connectivity index (χ4n) is 3.53. The third-order valence-corrected chi connectivity index (χ3v) is 6.10. The van der Waals surface area contributed by atoms with Gasteiger partial charge in [-0.2, -0.15) is 28.2 Å². The van der Waals surface area contributed by atoms with Gasteiger partial charge in [-0.05, 0) is 72.3 Å². The van der Waals surface area contributed by atoms with E-state index in [0.29, 0.717) is 24.0 Å². The van der Waals surface area contributed by atoms with Crippen molar-refractivity contribution in [3.63, 3.8) is 0 Å². The Morgan fingerprint density at radius 2 is 1.92 bits per heavy atom. The largest absolute Gasteiger partial charge is 0.436 e. The second-order valence-corrected chi connectivity index (χ2v) is 9.61. The lowest BCUT2D eigenvalue weighted by Crippen LogP contribution is -2.26. The number of amides is 2. The molecule has 0 unspecified atom stereocenters. The van der Waals surface area contributed by atoms with Gasteiger partial charge in [0.1, 0.15) is 12.2 Å². The van der Waals surface area contributed by atoms with Crippen LogP contribution in [0.1, 0.15) is 44.7 Å².